The van der Waals surface area contributed by atoms with Gasteiger partial charge in [-0.3, -0.25) is 0 Å². The molecule has 0 bridgehead atoms. The minimum Gasteiger partial charge on any atom is -0.377 e. The van der Waals surface area contributed by atoms with Crippen molar-refractivity contribution in [1.82, 2.24) is 4.90 Å². The minimum atomic E-state index is 0.343. The Morgan fingerprint density at radius 2 is 2.33 bits per heavy atom. The summed E-state index contributed by atoms with van der Waals surface area (Å²) >= 11 is 6.00. The van der Waals surface area contributed by atoms with Crippen molar-refractivity contribution < 1.29 is 4.74 Å². The fourth-order valence-corrected chi connectivity index (χ4v) is 2.85. The molecule has 2 unspecified atom stereocenters. The molecule has 2 rings (SSSR count). The van der Waals surface area contributed by atoms with E-state index in [4.69, 9.17) is 16.3 Å². The minimum absolute atomic E-state index is 0.343. The number of halogens is 1. The van der Waals surface area contributed by atoms with Crippen LogP contribution in [0.2, 0.25) is 0 Å². The Morgan fingerprint density at radius 1 is 1.47 bits per heavy atom. The molecular formula is C12H22ClNO. The molecule has 0 N–H and O–H groups in total. The number of alkyl halides is 1. The molecule has 2 heterocycles. The van der Waals surface area contributed by atoms with E-state index in [9.17, 15) is 0 Å². The van der Waals surface area contributed by atoms with Crippen LogP contribution in [-0.2, 0) is 4.74 Å². The highest BCUT2D eigenvalue weighted by Crippen LogP contribution is 2.31. The van der Waals surface area contributed by atoms with Crippen LogP contribution >= 0.6 is 11.6 Å². The summed E-state index contributed by atoms with van der Waals surface area (Å²) in [5, 5.41) is 0. The Kier molecular flexibility index (Phi) is 3.92. The monoisotopic (exact) mass is 231 g/mol. The fourth-order valence-electron chi connectivity index (χ4n) is 2.63. The van der Waals surface area contributed by atoms with Crippen LogP contribution in [0.5, 0.6) is 0 Å². The Bertz CT molecular complexity index is 206. The van der Waals surface area contributed by atoms with Crippen molar-refractivity contribution in [1.29, 1.82) is 0 Å². The molecule has 3 heteroatoms. The van der Waals surface area contributed by atoms with Crippen molar-refractivity contribution in [2.75, 3.05) is 32.1 Å². The Morgan fingerprint density at radius 3 is 2.93 bits per heavy atom. The van der Waals surface area contributed by atoms with Gasteiger partial charge in [0.2, 0.25) is 0 Å². The van der Waals surface area contributed by atoms with E-state index < -0.39 is 0 Å². The molecule has 0 saturated carbocycles. The van der Waals surface area contributed by atoms with Gasteiger partial charge in [-0.05, 0) is 37.6 Å². The average molecular weight is 232 g/mol. The van der Waals surface area contributed by atoms with E-state index in [-0.39, 0.29) is 0 Å². The fraction of sp³-hybridized carbons (Fsp3) is 1.00. The third-order valence-corrected chi connectivity index (χ3v) is 4.34. The topological polar surface area (TPSA) is 12.5 Å². The molecule has 0 radical (unpaired) electrons. The van der Waals surface area contributed by atoms with Gasteiger partial charge in [0.1, 0.15) is 0 Å². The van der Waals surface area contributed by atoms with E-state index in [1.807, 2.05) is 0 Å². The molecule has 2 aliphatic heterocycles. The summed E-state index contributed by atoms with van der Waals surface area (Å²) in [5.41, 5.74) is 0.343. The zero-order chi connectivity index (χ0) is 10.7. The molecule has 2 atom stereocenters. The first-order valence-corrected chi connectivity index (χ1v) is 6.65. The van der Waals surface area contributed by atoms with Gasteiger partial charge in [-0.15, -0.1) is 11.6 Å². The smallest absolute Gasteiger partial charge is 0.0702 e. The van der Waals surface area contributed by atoms with Gasteiger partial charge in [-0.1, -0.05) is 6.92 Å². The molecule has 2 saturated heterocycles. The van der Waals surface area contributed by atoms with E-state index in [0.717, 1.165) is 25.6 Å². The van der Waals surface area contributed by atoms with Gasteiger partial charge >= 0.3 is 0 Å². The lowest BCUT2D eigenvalue weighted by Gasteiger charge is -2.28. The molecule has 0 spiro atoms. The van der Waals surface area contributed by atoms with Crippen molar-refractivity contribution in [3.05, 3.63) is 0 Å². The molecule has 0 aliphatic carbocycles. The second kappa shape index (κ2) is 5.03. The predicted octanol–water partition coefficient (Wildman–Crippen LogP) is 2.51. The number of hydrogen-bond acceptors (Lipinski definition) is 2. The summed E-state index contributed by atoms with van der Waals surface area (Å²) in [7, 11) is 0. The molecule has 2 fully saturated rings. The van der Waals surface area contributed by atoms with Gasteiger partial charge in [-0.2, -0.15) is 0 Å². The standard InChI is InChI=1S/C12H22ClNO/c1-12(9-13)5-6-14(10-12)8-11-4-2-3-7-15-11/h11H,2-10H2,1H3. The first kappa shape index (κ1) is 11.7. The molecule has 88 valence electrons. The average Bonchev–Trinajstić information content (AvgIpc) is 2.63. The zero-order valence-corrected chi connectivity index (χ0v) is 10.4. The number of rotatable bonds is 3. The van der Waals surface area contributed by atoms with Crippen molar-refractivity contribution >= 4 is 11.6 Å². The number of likely N-dealkylation sites (tertiary alicyclic amines) is 1. The summed E-state index contributed by atoms with van der Waals surface area (Å²) in [6.45, 7) is 6.72. The Hall–Kier alpha value is 0.210. The van der Waals surface area contributed by atoms with Crippen LogP contribution in [0, 0.1) is 5.41 Å². The molecule has 2 aliphatic rings. The first-order valence-electron chi connectivity index (χ1n) is 6.12. The largest absolute Gasteiger partial charge is 0.377 e. The van der Waals surface area contributed by atoms with Crippen LogP contribution in [0.1, 0.15) is 32.6 Å². The lowest BCUT2D eigenvalue weighted by Crippen LogP contribution is -2.35. The van der Waals surface area contributed by atoms with E-state index >= 15 is 0 Å². The number of ether oxygens (including phenoxy) is 1. The number of hydrogen-bond donors (Lipinski definition) is 0. The van der Waals surface area contributed by atoms with Crippen LogP contribution in [0.3, 0.4) is 0 Å². The third kappa shape index (κ3) is 3.08. The maximum Gasteiger partial charge on any atom is 0.0702 e. The van der Waals surface area contributed by atoms with Crippen molar-refractivity contribution in [2.45, 2.75) is 38.7 Å². The Labute approximate surface area is 97.9 Å². The highest BCUT2D eigenvalue weighted by molar-refractivity contribution is 6.18. The predicted molar refractivity (Wildman–Crippen MR) is 63.5 cm³/mol. The molecular weight excluding hydrogens is 210 g/mol. The molecule has 0 aromatic heterocycles. The SMILES string of the molecule is CC1(CCl)CCN(CC2CCCCO2)C1. The van der Waals surface area contributed by atoms with Gasteiger partial charge in [0.15, 0.2) is 0 Å². The maximum atomic E-state index is 6.00. The van der Waals surface area contributed by atoms with E-state index in [2.05, 4.69) is 11.8 Å². The van der Waals surface area contributed by atoms with Gasteiger partial charge in [0, 0.05) is 25.6 Å². The summed E-state index contributed by atoms with van der Waals surface area (Å²) in [6, 6.07) is 0. The molecule has 0 aromatic rings. The lowest BCUT2D eigenvalue weighted by molar-refractivity contribution is -0.00305. The van der Waals surface area contributed by atoms with Gasteiger partial charge in [0.25, 0.3) is 0 Å². The van der Waals surface area contributed by atoms with Gasteiger partial charge in [-0.25, -0.2) is 0 Å². The summed E-state index contributed by atoms with van der Waals surface area (Å²) < 4.78 is 5.77. The third-order valence-electron chi connectivity index (χ3n) is 3.70. The van der Waals surface area contributed by atoms with Crippen LogP contribution in [0.15, 0.2) is 0 Å². The quantitative estimate of drug-likeness (QED) is 0.693. The molecule has 15 heavy (non-hydrogen) atoms. The van der Waals surface area contributed by atoms with E-state index in [1.54, 1.807) is 0 Å². The van der Waals surface area contributed by atoms with E-state index in [1.165, 1.54) is 32.2 Å². The first-order chi connectivity index (χ1) is 7.22. The van der Waals surface area contributed by atoms with Crippen LogP contribution < -0.4 is 0 Å². The van der Waals surface area contributed by atoms with Crippen molar-refractivity contribution in [3.63, 3.8) is 0 Å². The van der Waals surface area contributed by atoms with E-state index in [0.29, 0.717) is 11.5 Å². The highest BCUT2D eigenvalue weighted by Gasteiger charge is 2.34. The number of nitrogens with zero attached hydrogens (tertiary/aromatic N) is 1. The molecule has 0 aromatic carbocycles. The van der Waals surface area contributed by atoms with Crippen molar-refractivity contribution in [2.24, 2.45) is 5.41 Å². The molecule has 0 amide bonds. The second-order valence-electron chi connectivity index (χ2n) is 5.42. The summed E-state index contributed by atoms with van der Waals surface area (Å²) in [4.78, 5) is 2.53. The lowest BCUT2D eigenvalue weighted by atomic mass is 9.93. The van der Waals surface area contributed by atoms with Crippen LogP contribution in [0.25, 0.3) is 0 Å². The van der Waals surface area contributed by atoms with Crippen LogP contribution in [-0.4, -0.2) is 43.1 Å². The zero-order valence-electron chi connectivity index (χ0n) is 9.67. The van der Waals surface area contributed by atoms with Gasteiger partial charge in [0.05, 0.1) is 6.10 Å². The second-order valence-corrected chi connectivity index (χ2v) is 5.69. The maximum absolute atomic E-state index is 6.00. The Balaban J connectivity index is 1.76. The van der Waals surface area contributed by atoms with Crippen molar-refractivity contribution in [3.8, 4) is 0 Å². The summed E-state index contributed by atoms with van der Waals surface area (Å²) in [6.07, 6.45) is 5.55. The highest BCUT2D eigenvalue weighted by atomic mass is 35.5. The van der Waals surface area contributed by atoms with Gasteiger partial charge < -0.3 is 9.64 Å². The summed E-state index contributed by atoms with van der Waals surface area (Å²) in [5.74, 6) is 0.787. The molecule has 2 nitrogen and oxygen atoms in total. The van der Waals surface area contributed by atoms with Crippen LogP contribution in [0.4, 0.5) is 0 Å². The normalized spacial score (nSPS) is 38.4.